The van der Waals surface area contributed by atoms with Crippen LogP contribution in [-0.4, -0.2) is 55.6 Å². The van der Waals surface area contributed by atoms with Gasteiger partial charge in [-0.2, -0.15) is 0 Å². The van der Waals surface area contributed by atoms with Gasteiger partial charge in [0, 0.05) is 0 Å². The Balaban J connectivity index is 2.90. The summed E-state index contributed by atoms with van der Waals surface area (Å²) < 4.78 is 0.899. The molecule has 0 unspecified atom stereocenters. The van der Waals surface area contributed by atoms with Crippen molar-refractivity contribution in [2.45, 2.75) is 20.8 Å². The number of benzene rings is 1. The fourth-order valence-electron chi connectivity index (χ4n) is 1.77. The molecule has 0 aromatic heterocycles. The van der Waals surface area contributed by atoms with Gasteiger partial charge in [-0.1, -0.05) is 0 Å². The molecule has 1 aromatic carbocycles. The summed E-state index contributed by atoms with van der Waals surface area (Å²) in [5.74, 6) is 0.0405. The van der Waals surface area contributed by atoms with Crippen LogP contribution in [0.4, 0.5) is 0 Å². The van der Waals surface area contributed by atoms with Crippen molar-refractivity contribution in [2.24, 2.45) is 0 Å². The van der Waals surface area contributed by atoms with Crippen molar-refractivity contribution < 1.29 is 4.79 Å². The Hall–Kier alpha value is -1.12. The van der Waals surface area contributed by atoms with Gasteiger partial charge >= 0.3 is 117 Å². The fraction of sp³-hybridized carbons (Fsp3) is 0.429. The second kappa shape index (κ2) is 7.34. The van der Waals surface area contributed by atoms with Crippen LogP contribution in [0.1, 0.15) is 31.1 Å². The molecular formula is C14H20N2OSe. The Bertz CT molecular complexity index is 402. The van der Waals surface area contributed by atoms with Gasteiger partial charge < -0.3 is 0 Å². The molecule has 98 valence electrons. The third kappa shape index (κ3) is 3.44. The first-order valence-electron chi connectivity index (χ1n) is 6.31. The van der Waals surface area contributed by atoms with E-state index in [1.165, 1.54) is 0 Å². The molecule has 1 amide bonds. The van der Waals surface area contributed by atoms with Gasteiger partial charge in [-0.25, -0.2) is 0 Å². The van der Waals surface area contributed by atoms with Gasteiger partial charge in [0.2, 0.25) is 0 Å². The van der Waals surface area contributed by atoms with Gasteiger partial charge in [0.1, 0.15) is 0 Å². The Morgan fingerprint density at radius 3 is 2.06 bits per heavy atom. The number of carbonyl (C=O) groups is 1. The van der Waals surface area contributed by atoms with Crippen molar-refractivity contribution in [1.82, 2.24) is 9.80 Å². The molecule has 0 atom stereocenters. The first-order chi connectivity index (χ1) is 8.65. The number of rotatable bonds is 6. The molecule has 0 aliphatic rings. The van der Waals surface area contributed by atoms with Crippen molar-refractivity contribution in [1.29, 1.82) is 0 Å². The van der Waals surface area contributed by atoms with Crippen LogP contribution < -0.4 is 0 Å². The van der Waals surface area contributed by atoms with E-state index in [-0.39, 0.29) is 5.91 Å². The molecule has 0 aliphatic carbocycles. The molecule has 0 N–H and O–H groups in total. The average Bonchev–Trinajstić information content (AvgIpc) is 2.42. The van der Waals surface area contributed by atoms with E-state index >= 15 is 0 Å². The summed E-state index contributed by atoms with van der Waals surface area (Å²) in [5, 5.41) is 0. The monoisotopic (exact) mass is 312 g/mol. The summed E-state index contributed by atoms with van der Waals surface area (Å²) in [4.78, 5) is 16.3. The Morgan fingerprint density at radius 2 is 1.61 bits per heavy atom. The molecule has 18 heavy (non-hydrogen) atoms. The van der Waals surface area contributed by atoms with E-state index in [2.05, 4.69) is 34.3 Å². The number of amides is 1. The summed E-state index contributed by atoms with van der Waals surface area (Å²) in [5.41, 5.74) is 0.722. The molecular weight excluding hydrogens is 291 g/mol. The molecule has 3 nitrogen and oxygen atoms in total. The van der Waals surface area contributed by atoms with E-state index in [1.807, 2.05) is 37.3 Å². The van der Waals surface area contributed by atoms with E-state index in [0.29, 0.717) is 6.54 Å². The molecule has 4 heteroatoms. The molecule has 0 fully saturated rings. The SMILES string of the molecule is CCN(CC)C(=[Se])N(CC)C(=O)c1ccccc1. The van der Waals surface area contributed by atoms with Crippen LogP contribution in [0, 0.1) is 0 Å². The van der Waals surface area contributed by atoms with Gasteiger partial charge in [0.05, 0.1) is 0 Å². The van der Waals surface area contributed by atoms with E-state index < -0.39 is 0 Å². The number of nitrogens with zero attached hydrogens (tertiary/aromatic N) is 2. The second-order valence-corrected chi connectivity index (χ2v) is 4.64. The van der Waals surface area contributed by atoms with E-state index in [9.17, 15) is 4.79 Å². The minimum atomic E-state index is 0.0405. The Labute approximate surface area is 117 Å². The summed E-state index contributed by atoms with van der Waals surface area (Å²) in [7, 11) is 0. The zero-order valence-corrected chi connectivity index (χ0v) is 12.9. The first kappa shape index (κ1) is 14.9. The van der Waals surface area contributed by atoms with E-state index in [0.717, 1.165) is 23.3 Å². The molecule has 0 aliphatic heterocycles. The summed E-state index contributed by atoms with van der Waals surface area (Å²) in [6.07, 6.45) is 0. The standard InChI is InChI=1S/C14H20N2OSe/c1-4-15(5-2)14(18)16(6-3)13(17)12-10-8-7-9-11-12/h7-11H,4-6H2,1-3H3. The fourth-order valence-corrected chi connectivity index (χ4v) is 2.75. The number of hydrogen-bond acceptors (Lipinski definition) is 2. The molecule has 0 saturated heterocycles. The van der Waals surface area contributed by atoms with Crippen LogP contribution in [0.25, 0.3) is 0 Å². The summed E-state index contributed by atoms with van der Waals surface area (Å²) in [6.45, 7) is 8.59. The van der Waals surface area contributed by atoms with Crippen LogP contribution in [0.3, 0.4) is 0 Å². The van der Waals surface area contributed by atoms with Crippen LogP contribution in [0.2, 0.25) is 0 Å². The van der Waals surface area contributed by atoms with Crippen LogP contribution in [-0.2, 0) is 0 Å². The van der Waals surface area contributed by atoms with Gasteiger partial charge in [0.15, 0.2) is 0 Å². The average molecular weight is 311 g/mol. The van der Waals surface area contributed by atoms with Gasteiger partial charge in [0.25, 0.3) is 0 Å². The van der Waals surface area contributed by atoms with Crippen LogP contribution >= 0.6 is 0 Å². The number of hydrogen-bond donors (Lipinski definition) is 0. The minimum absolute atomic E-state index is 0.0405. The molecule has 0 bridgehead atoms. The van der Waals surface area contributed by atoms with Crippen LogP contribution in [0.5, 0.6) is 0 Å². The molecule has 1 aromatic rings. The first-order valence-corrected chi connectivity index (χ1v) is 7.17. The zero-order valence-electron chi connectivity index (χ0n) is 11.2. The molecule has 0 saturated carbocycles. The quantitative estimate of drug-likeness (QED) is 0.747. The van der Waals surface area contributed by atoms with Crippen molar-refractivity contribution in [2.75, 3.05) is 19.6 Å². The molecule has 0 radical (unpaired) electrons. The summed E-state index contributed by atoms with van der Waals surface area (Å²) >= 11 is 3.03. The zero-order chi connectivity index (χ0) is 13.5. The van der Waals surface area contributed by atoms with Gasteiger partial charge in [-0.3, -0.25) is 0 Å². The molecule has 0 spiro atoms. The van der Waals surface area contributed by atoms with Crippen molar-refractivity contribution in [3.8, 4) is 0 Å². The normalized spacial score (nSPS) is 9.94. The maximum absolute atomic E-state index is 12.4. The van der Waals surface area contributed by atoms with Crippen LogP contribution in [0.15, 0.2) is 30.3 Å². The van der Waals surface area contributed by atoms with Gasteiger partial charge in [-0.15, -0.1) is 0 Å². The van der Waals surface area contributed by atoms with Gasteiger partial charge in [-0.05, 0) is 0 Å². The third-order valence-corrected chi connectivity index (χ3v) is 3.85. The van der Waals surface area contributed by atoms with Crippen molar-refractivity contribution in [3.63, 3.8) is 0 Å². The van der Waals surface area contributed by atoms with Crippen molar-refractivity contribution in [3.05, 3.63) is 35.9 Å². The van der Waals surface area contributed by atoms with E-state index in [4.69, 9.17) is 0 Å². The number of carbonyl (C=O) groups excluding carboxylic acids is 1. The predicted molar refractivity (Wildman–Crippen MR) is 76.8 cm³/mol. The predicted octanol–water partition coefficient (Wildman–Crippen LogP) is 1.75. The maximum atomic E-state index is 12.4. The topological polar surface area (TPSA) is 23.6 Å². The third-order valence-electron chi connectivity index (χ3n) is 2.85. The molecule has 1 rings (SSSR count). The van der Waals surface area contributed by atoms with Crippen molar-refractivity contribution >= 4 is 26.1 Å². The molecule has 0 heterocycles. The Morgan fingerprint density at radius 1 is 1.06 bits per heavy atom. The Kier molecular flexibility index (Phi) is 6.10. The second-order valence-electron chi connectivity index (χ2n) is 3.87. The van der Waals surface area contributed by atoms with E-state index in [1.54, 1.807) is 4.90 Å². The summed E-state index contributed by atoms with van der Waals surface area (Å²) in [6, 6.07) is 9.39.